The van der Waals surface area contributed by atoms with Crippen molar-refractivity contribution in [3.63, 3.8) is 0 Å². The van der Waals surface area contributed by atoms with Gasteiger partial charge in [-0.2, -0.15) is 0 Å². The van der Waals surface area contributed by atoms with E-state index in [4.69, 9.17) is 16.2 Å². The molecule has 0 aromatic heterocycles. The molecule has 1 aromatic carbocycles. The first kappa shape index (κ1) is 14.5. The standard InChI is InChI=1S/C13H21N3O2/c1-10(18-2)7-16(9-13(15)17)8-11-5-3-4-6-12(11)14/h3-6,10H,7-9,14H2,1-2H3,(H2,15,17). The number of methoxy groups -OCH3 is 1. The molecule has 1 atom stereocenters. The summed E-state index contributed by atoms with van der Waals surface area (Å²) in [6, 6.07) is 7.60. The molecule has 0 spiro atoms. The van der Waals surface area contributed by atoms with E-state index in [-0.39, 0.29) is 18.6 Å². The third kappa shape index (κ3) is 4.73. The van der Waals surface area contributed by atoms with Crippen molar-refractivity contribution in [2.24, 2.45) is 5.73 Å². The maximum atomic E-state index is 11.1. The monoisotopic (exact) mass is 251 g/mol. The fourth-order valence-corrected chi connectivity index (χ4v) is 1.76. The van der Waals surface area contributed by atoms with Crippen molar-refractivity contribution >= 4 is 11.6 Å². The molecule has 0 aliphatic rings. The van der Waals surface area contributed by atoms with Crippen LogP contribution in [0.4, 0.5) is 5.69 Å². The Kier molecular flexibility index (Phi) is 5.61. The highest BCUT2D eigenvalue weighted by atomic mass is 16.5. The van der Waals surface area contributed by atoms with Gasteiger partial charge >= 0.3 is 0 Å². The molecule has 5 heteroatoms. The highest BCUT2D eigenvalue weighted by Crippen LogP contribution is 2.13. The molecule has 1 aromatic rings. The molecule has 1 unspecified atom stereocenters. The van der Waals surface area contributed by atoms with Gasteiger partial charge in [0.2, 0.25) is 5.91 Å². The van der Waals surface area contributed by atoms with E-state index in [1.54, 1.807) is 7.11 Å². The fraction of sp³-hybridized carbons (Fsp3) is 0.462. The Morgan fingerprint density at radius 3 is 2.67 bits per heavy atom. The first-order valence-corrected chi connectivity index (χ1v) is 5.89. The van der Waals surface area contributed by atoms with Crippen LogP contribution in [-0.2, 0) is 16.1 Å². The molecule has 1 amide bonds. The van der Waals surface area contributed by atoms with Crippen LogP contribution in [0.25, 0.3) is 0 Å². The number of rotatable bonds is 7. The molecule has 100 valence electrons. The van der Waals surface area contributed by atoms with Gasteiger partial charge in [0.15, 0.2) is 0 Å². The molecule has 1 rings (SSSR count). The van der Waals surface area contributed by atoms with E-state index in [0.29, 0.717) is 13.1 Å². The molecule has 0 saturated carbocycles. The van der Waals surface area contributed by atoms with Crippen LogP contribution in [0.5, 0.6) is 0 Å². The number of benzene rings is 1. The number of para-hydroxylation sites is 1. The smallest absolute Gasteiger partial charge is 0.231 e. The molecule has 0 aliphatic carbocycles. The summed E-state index contributed by atoms with van der Waals surface area (Å²) in [4.78, 5) is 13.0. The molecule has 0 heterocycles. The zero-order valence-electron chi connectivity index (χ0n) is 10.9. The molecule has 0 aliphatic heterocycles. The van der Waals surface area contributed by atoms with E-state index >= 15 is 0 Å². The summed E-state index contributed by atoms with van der Waals surface area (Å²) in [7, 11) is 1.64. The van der Waals surface area contributed by atoms with Crippen molar-refractivity contribution in [3.8, 4) is 0 Å². The van der Waals surface area contributed by atoms with Crippen LogP contribution in [0, 0.1) is 0 Å². The van der Waals surface area contributed by atoms with E-state index in [2.05, 4.69) is 0 Å². The first-order valence-electron chi connectivity index (χ1n) is 5.89. The molecule has 0 bridgehead atoms. The lowest BCUT2D eigenvalue weighted by atomic mass is 10.1. The highest BCUT2D eigenvalue weighted by molar-refractivity contribution is 5.75. The normalized spacial score (nSPS) is 12.6. The van der Waals surface area contributed by atoms with Crippen molar-refractivity contribution in [2.45, 2.75) is 19.6 Å². The Balaban J connectivity index is 2.71. The van der Waals surface area contributed by atoms with Gasteiger partial charge in [0, 0.05) is 25.9 Å². The fourth-order valence-electron chi connectivity index (χ4n) is 1.76. The third-order valence-corrected chi connectivity index (χ3v) is 2.75. The number of amides is 1. The summed E-state index contributed by atoms with van der Waals surface area (Å²) in [6.45, 7) is 3.36. The predicted molar refractivity (Wildman–Crippen MR) is 71.8 cm³/mol. The van der Waals surface area contributed by atoms with Gasteiger partial charge in [-0.1, -0.05) is 18.2 Å². The van der Waals surface area contributed by atoms with E-state index < -0.39 is 0 Å². The molecule has 4 N–H and O–H groups in total. The summed E-state index contributed by atoms with van der Waals surface area (Å²) in [5.74, 6) is -0.354. The third-order valence-electron chi connectivity index (χ3n) is 2.75. The first-order chi connectivity index (χ1) is 8.52. The van der Waals surface area contributed by atoms with Crippen LogP contribution in [-0.4, -0.2) is 37.1 Å². The minimum absolute atomic E-state index is 0.0364. The van der Waals surface area contributed by atoms with Crippen LogP contribution in [0.1, 0.15) is 12.5 Å². The Morgan fingerprint density at radius 1 is 1.44 bits per heavy atom. The highest BCUT2D eigenvalue weighted by Gasteiger charge is 2.13. The van der Waals surface area contributed by atoms with Gasteiger partial charge < -0.3 is 16.2 Å². The summed E-state index contributed by atoms with van der Waals surface area (Å²) in [5, 5.41) is 0. The van der Waals surface area contributed by atoms with Gasteiger partial charge in [0.25, 0.3) is 0 Å². The van der Waals surface area contributed by atoms with Crippen LogP contribution in [0.3, 0.4) is 0 Å². The number of primary amides is 1. The van der Waals surface area contributed by atoms with Crippen molar-refractivity contribution in [1.82, 2.24) is 4.90 Å². The van der Waals surface area contributed by atoms with Crippen molar-refractivity contribution in [3.05, 3.63) is 29.8 Å². The zero-order valence-corrected chi connectivity index (χ0v) is 10.9. The molecule has 5 nitrogen and oxygen atoms in total. The van der Waals surface area contributed by atoms with Crippen molar-refractivity contribution < 1.29 is 9.53 Å². The summed E-state index contributed by atoms with van der Waals surface area (Å²) in [6.07, 6.45) is 0.0364. The van der Waals surface area contributed by atoms with Crippen LogP contribution < -0.4 is 11.5 Å². The van der Waals surface area contributed by atoms with E-state index in [9.17, 15) is 4.79 Å². The Hall–Kier alpha value is -1.59. The molecular weight excluding hydrogens is 230 g/mol. The van der Waals surface area contributed by atoms with Gasteiger partial charge in [-0.15, -0.1) is 0 Å². The second kappa shape index (κ2) is 6.98. The molecule has 0 fully saturated rings. The van der Waals surface area contributed by atoms with Crippen LogP contribution >= 0.6 is 0 Å². The number of hydrogen-bond donors (Lipinski definition) is 2. The van der Waals surface area contributed by atoms with Crippen molar-refractivity contribution in [1.29, 1.82) is 0 Å². The number of nitrogen functional groups attached to an aromatic ring is 1. The molecule has 0 radical (unpaired) electrons. The summed E-state index contributed by atoms with van der Waals surface area (Å²) < 4.78 is 5.21. The van der Waals surface area contributed by atoms with E-state index in [1.165, 1.54) is 0 Å². The maximum Gasteiger partial charge on any atom is 0.231 e. The van der Waals surface area contributed by atoms with Gasteiger partial charge in [0.1, 0.15) is 0 Å². The SMILES string of the molecule is COC(C)CN(CC(N)=O)Cc1ccccc1N. The lowest BCUT2D eigenvalue weighted by Crippen LogP contribution is -2.38. The molecular formula is C13H21N3O2. The minimum atomic E-state index is -0.354. The number of nitrogens with zero attached hydrogens (tertiary/aromatic N) is 1. The second-order valence-electron chi connectivity index (χ2n) is 4.38. The Labute approximate surface area is 108 Å². The average Bonchev–Trinajstić information content (AvgIpc) is 2.31. The van der Waals surface area contributed by atoms with Gasteiger partial charge in [0.05, 0.1) is 12.6 Å². The quantitative estimate of drug-likeness (QED) is 0.695. The number of carbonyl (C=O) groups excluding carboxylic acids is 1. The lowest BCUT2D eigenvalue weighted by Gasteiger charge is -2.24. The predicted octanol–water partition coefficient (Wildman–Crippen LogP) is 0.591. The van der Waals surface area contributed by atoms with E-state index in [0.717, 1.165) is 11.3 Å². The number of hydrogen-bond acceptors (Lipinski definition) is 4. The Morgan fingerprint density at radius 2 is 2.11 bits per heavy atom. The number of carbonyl (C=O) groups is 1. The number of ether oxygens (including phenoxy) is 1. The number of nitrogens with two attached hydrogens (primary N) is 2. The van der Waals surface area contributed by atoms with Gasteiger partial charge in [-0.25, -0.2) is 0 Å². The average molecular weight is 251 g/mol. The maximum absolute atomic E-state index is 11.1. The van der Waals surface area contributed by atoms with Gasteiger partial charge in [-0.05, 0) is 18.6 Å². The molecule has 18 heavy (non-hydrogen) atoms. The lowest BCUT2D eigenvalue weighted by molar-refractivity contribution is -0.119. The second-order valence-corrected chi connectivity index (χ2v) is 4.38. The summed E-state index contributed by atoms with van der Waals surface area (Å²) in [5.41, 5.74) is 12.8. The van der Waals surface area contributed by atoms with Crippen LogP contribution in [0.2, 0.25) is 0 Å². The largest absolute Gasteiger partial charge is 0.398 e. The molecule has 0 saturated heterocycles. The topological polar surface area (TPSA) is 81.6 Å². The van der Waals surface area contributed by atoms with Crippen molar-refractivity contribution in [2.75, 3.05) is 25.9 Å². The number of anilines is 1. The summed E-state index contributed by atoms with van der Waals surface area (Å²) >= 11 is 0. The van der Waals surface area contributed by atoms with Crippen LogP contribution in [0.15, 0.2) is 24.3 Å². The zero-order chi connectivity index (χ0) is 13.5. The van der Waals surface area contributed by atoms with E-state index in [1.807, 2.05) is 36.1 Å². The Bertz CT molecular complexity index is 396. The van der Waals surface area contributed by atoms with Gasteiger partial charge in [-0.3, -0.25) is 9.69 Å². The minimum Gasteiger partial charge on any atom is -0.398 e.